The maximum Gasteiger partial charge on any atom is 1.00 e. The molecule has 0 N–H and O–H groups in total. The van der Waals surface area contributed by atoms with Gasteiger partial charge in [0, 0.05) is 0 Å². The normalized spacial score (nSPS) is 10.1. The van der Waals surface area contributed by atoms with Crippen LogP contribution in [-0.2, 0) is 0 Å². The van der Waals surface area contributed by atoms with Crippen LogP contribution in [0.4, 0.5) is 0 Å². The Morgan fingerprint density at radius 3 is 1.06 bits per heavy atom. The van der Waals surface area contributed by atoms with Crippen LogP contribution in [0.15, 0.2) is 0 Å². The molecule has 0 aliphatic rings. The van der Waals surface area contributed by atoms with Gasteiger partial charge in [0.25, 0.3) is 0 Å². The van der Waals surface area contributed by atoms with E-state index in [2.05, 4.69) is 20.8 Å². The maximum atomic E-state index is 2.31. The minimum Gasteiger partial charge on any atom is -0.0741 e. The van der Waals surface area contributed by atoms with Crippen molar-refractivity contribution in [3.05, 3.63) is 0 Å². The van der Waals surface area contributed by atoms with Crippen molar-refractivity contribution in [3.8, 4) is 0 Å². The summed E-state index contributed by atoms with van der Waals surface area (Å²) in [6.07, 6.45) is 17.4. The van der Waals surface area contributed by atoms with E-state index in [0.29, 0.717) is 0 Å². The first-order chi connectivity index (χ1) is 7.85. The van der Waals surface area contributed by atoms with Crippen molar-refractivity contribution < 1.29 is 18.9 Å². The zero-order valence-electron chi connectivity index (χ0n) is 13.1. The molecule has 0 aliphatic carbocycles. The molecule has 96 valence electrons. The molecule has 0 bridgehead atoms. The molecule has 2 heteroatoms. The third-order valence-corrected chi connectivity index (χ3v) is 3.65. The van der Waals surface area contributed by atoms with E-state index in [1.54, 1.807) is 0 Å². The summed E-state index contributed by atoms with van der Waals surface area (Å²) in [6, 6.07) is 0. The number of rotatable bonds is 12. The summed E-state index contributed by atoms with van der Waals surface area (Å²) in [7, 11) is 0. The first-order valence-electron chi connectivity index (χ1n) is 7.85. The second kappa shape index (κ2) is 16.7. The van der Waals surface area contributed by atoms with Gasteiger partial charge in [0.15, 0.2) is 0 Å². The van der Waals surface area contributed by atoms with E-state index in [0.717, 1.165) is 6.71 Å². The second-order valence-electron chi connectivity index (χ2n) is 5.35. The fourth-order valence-corrected chi connectivity index (χ4v) is 2.48. The van der Waals surface area contributed by atoms with E-state index in [1.807, 2.05) is 0 Å². The topological polar surface area (TPSA) is 0 Å². The molecule has 0 unspecified atom stereocenters. The predicted octanol–water partition coefficient (Wildman–Crippen LogP) is 3.06. The summed E-state index contributed by atoms with van der Waals surface area (Å²) in [5, 5.41) is 0. The largest absolute Gasteiger partial charge is 1.00 e. The standard InChI is InChI=1S/C15H33B.Li/c1-4-7-10-13-16(14-11-8-5-2)15-12-9-6-3;/h4-15H2,1-3H3;/q;+1. The molecule has 0 spiro atoms. The van der Waals surface area contributed by atoms with Gasteiger partial charge in [0.2, 0.25) is 0 Å². The molecule has 0 saturated carbocycles. The van der Waals surface area contributed by atoms with Gasteiger partial charge in [-0.15, -0.1) is 0 Å². The first kappa shape index (κ1) is 20.0. The van der Waals surface area contributed by atoms with Gasteiger partial charge in [-0.2, -0.15) is 0 Å². The monoisotopic (exact) mass is 231 g/mol. The van der Waals surface area contributed by atoms with E-state index in [-0.39, 0.29) is 18.9 Å². The molecule has 0 heterocycles. The van der Waals surface area contributed by atoms with E-state index in [9.17, 15) is 0 Å². The van der Waals surface area contributed by atoms with Gasteiger partial charge in [-0.05, 0) is 0 Å². The van der Waals surface area contributed by atoms with Crippen LogP contribution in [0.1, 0.15) is 78.6 Å². The Balaban J connectivity index is 0. The average Bonchev–Trinajstić information content (AvgIpc) is 2.29. The van der Waals surface area contributed by atoms with Crippen molar-refractivity contribution in [1.29, 1.82) is 0 Å². The number of unbranched alkanes of at least 4 members (excludes halogenated alkanes) is 6. The Kier molecular flexibility index (Phi) is 19.6. The molecule has 0 amide bonds. The summed E-state index contributed by atoms with van der Waals surface area (Å²) in [6.45, 7) is 7.97. The molecule has 0 radical (unpaired) electrons. The number of hydrogen-bond acceptors (Lipinski definition) is 0. The second-order valence-corrected chi connectivity index (χ2v) is 5.35. The van der Waals surface area contributed by atoms with Gasteiger partial charge in [-0.25, -0.2) is 0 Å². The zero-order chi connectivity index (χ0) is 12.1. The number of hydrogen-bond donors (Lipinski definition) is 0. The molecule has 0 nitrogen and oxygen atoms in total. The van der Waals surface area contributed by atoms with Crippen LogP contribution in [0.25, 0.3) is 0 Å². The van der Waals surface area contributed by atoms with Crippen LogP contribution in [-0.4, -0.2) is 6.71 Å². The Labute approximate surface area is 123 Å². The summed E-state index contributed by atoms with van der Waals surface area (Å²) in [5.41, 5.74) is 0. The van der Waals surface area contributed by atoms with E-state index < -0.39 is 0 Å². The van der Waals surface area contributed by atoms with E-state index in [1.165, 1.54) is 76.7 Å². The SMILES string of the molecule is CCCCCB(CCCCC)CCCCC.[Li+]. The average molecular weight is 231 g/mol. The summed E-state index contributed by atoms with van der Waals surface area (Å²) in [4.78, 5) is 0. The minimum absolute atomic E-state index is 0. The minimum atomic E-state index is 0. The summed E-state index contributed by atoms with van der Waals surface area (Å²) < 4.78 is 0. The first-order valence-corrected chi connectivity index (χ1v) is 7.85. The van der Waals surface area contributed by atoms with Gasteiger partial charge < -0.3 is 0 Å². The fraction of sp³-hybridized carbons (Fsp3) is 1.00. The molecular formula is C15H33BLi+. The fourth-order valence-electron chi connectivity index (χ4n) is 2.48. The van der Waals surface area contributed by atoms with E-state index in [4.69, 9.17) is 0 Å². The molecule has 0 saturated heterocycles. The van der Waals surface area contributed by atoms with Gasteiger partial charge in [0.05, 0.1) is 0 Å². The van der Waals surface area contributed by atoms with Crippen LogP contribution in [0.5, 0.6) is 0 Å². The molecule has 0 aliphatic heterocycles. The van der Waals surface area contributed by atoms with Gasteiger partial charge >= 0.3 is 18.9 Å². The molecule has 0 atom stereocenters. The van der Waals surface area contributed by atoms with E-state index >= 15 is 0 Å². The van der Waals surface area contributed by atoms with Crippen molar-refractivity contribution >= 4 is 6.71 Å². The van der Waals surface area contributed by atoms with Crippen LogP contribution < -0.4 is 18.9 Å². The van der Waals surface area contributed by atoms with Crippen molar-refractivity contribution in [2.24, 2.45) is 0 Å². The molecular weight excluding hydrogens is 198 g/mol. The molecule has 17 heavy (non-hydrogen) atoms. The van der Waals surface area contributed by atoms with Crippen LogP contribution in [0.2, 0.25) is 19.0 Å². The quantitative estimate of drug-likeness (QED) is 0.357. The third-order valence-electron chi connectivity index (χ3n) is 3.65. The van der Waals surface area contributed by atoms with Crippen molar-refractivity contribution in [3.63, 3.8) is 0 Å². The summed E-state index contributed by atoms with van der Waals surface area (Å²) >= 11 is 0. The summed E-state index contributed by atoms with van der Waals surface area (Å²) in [5.74, 6) is 0. The predicted molar refractivity (Wildman–Crippen MR) is 78.8 cm³/mol. The molecule has 0 fully saturated rings. The molecule has 0 rings (SSSR count). The Morgan fingerprint density at radius 1 is 0.529 bits per heavy atom. The Morgan fingerprint density at radius 2 is 0.824 bits per heavy atom. The van der Waals surface area contributed by atoms with Crippen LogP contribution in [0.3, 0.4) is 0 Å². The smallest absolute Gasteiger partial charge is 0.0741 e. The van der Waals surface area contributed by atoms with Crippen molar-refractivity contribution in [2.45, 2.75) is 97.5 Å². The Bertz CT molecular complexity index is 104. The van der Waals surface area contributed by atoms with Gasteiger partial charge in [-0.3, -0.25) is 0 Å². The zero-order valence-corrected chi connectivity index (χ0v) is 13.1. The molecule has 0 aromatic rings. The molecule has 0 aromatic carbocycles. The van der Waals surface area contributed by atoms with Gasteiger partial charge in [-0.1, -0.05) is 97.5 Å². The maximum absolute atomic E-state index is 2.31. The third kappa shape index (κ3) is 14.6. The van der Waals surface area contributed by atoms with Crippen molar-refractivity contribution in [2.75, 3.05) is 0 Å². The molecule has 0 aromatic heterocycles. The van der Waals surface area contributed by atoms with Crippen LogP contribution in [0, 0.1) is 0 Å². The van der Waals surface area contributed by atoms with Crippen LogP contribution >= 0.6 is 0 Å². The Hall–Kier alpha value is 0.662. The van der Waals surface area contributed by atoms with Crippen molar-refractivity contribution in [1.82, 2.24) is 0 Å². The van der Waals surface area contributed by atoms with Gasteiger partial charge in [0.1, 0.15) is 6.71 Å².